The second-order valence-corrected chi connectivity index (χ2v) is 5.12. The molecule has 0 unspecified atom stereocenters. The van der Waals surface area contributed by atoms with Crippen molar-refractivity contribution in [2.45, 2.75) is 6.92 Å². The highest BCUT2D eigenvalue weighted by Crippen LogP contribution is 2.24. The fourth-order valence-corrected chi connectivity index (χ4v) is 2.55. The molecule has 2 heterocycles. The minimum absolute atomic E-state index is 0.827. The van der Waals surface area contributed by atoms with Gasteiger partial charge in [0.2, 0.25) is 0 Å². The first-order valence-electron chi connectivity index (χ1n) is 6.87. The number of benzene rings is 1. The molecule has 2 aliphatic rings. The number of hydrogen-bond acceptors (Lipinski definition) is 3. The lowest BCUT2D eigenvalue weighted by Crippen LogP contribution is -2.36. The Labute approximate surface area is 114 Å². The van der Waals surface area contributed by atoms with Crippen LogP contribution in [0.1, 0.15) is 12.5 Å². The van der Waals surface area contributed by atoms with E-state index in [1.165, 1.54) is 22.4 Å². The summed E-state index contributed by atoms with van der Waals surface area (Å²) in [5, 5.41) is 3.32. The molecule has 100 valence electrons. The quantitative estimate of drug-likeness (QED) is 0.879. The van der Waals surface area contributed by atoms with Gasteiger partial charge in [0, 0.05) is 31.5 Å². The van der Waals surface area contributed by atoms with E-state index >= 15 is 0 Å². The fourth-order valence-electron chi connectivity index (χ4n) is 2.55. The van der Waals surface area contributed by atoms with Gasteiger partial charge in [-0.05, 0) is 30.2 Å². The van der Waals surface area contributed by atoms with E-state index in [4.69, 9.17) is 4.74 Å². The van der Waals surface area contributed by atoms with Crippen LogP contribution in [0.3, 0.4) is 0 Å². The Morgan fingerprint density at radius 3 is 2.84 bits per heavy atom. The molecule has 3 nitrogen and oxygen atoms in total. The standard InChI is InChI=1S/C16H20N2O/c1-13-9-15(12-17-11-13)14-3-2-4-16(10-14)18-5-7-19-8-6-18/h2-4,9-10,12,17H,5-8,11H2,1H3. The zero-order valence-electron chi connectivity index (χ0n) is 11.4. The summed E-state index contributed by atoms with van der Waals surface area (Å²) < 4.78 is 5.41. The van der Waals surface area contributed by atoms with Gasteiger partial charge in [-0.15, -0.1) is 0 Å². The molecule has 0 spiro atoms. The van der Waals surface area contributed by atoms with Crippen molar-refractivity contribution in [1.29, 1.82) is 0 Å². The predicted molar refractivity (Wildman–Crippen MR) is 79.2 cm³/mol. The lowest BCUT2D eigenvalue weighted by atomic mass is 10.0. The summed E-state index contributed by atoms with van der Waals surface area (Å²) in [4.78, 5) is 2.39. The Kier molecular flexibility index (Phi) is 3.56. The average Bonchev–Trinajstić information content (AvgIpc) is 2.48. The summed E-state index contributed by atoms with van der Waals surface area (Å²) in [6.07, 6.45) is 4.36. The zero-order valence-corrected chi connectivity index (χ0v) is 11.4. The third-order valence-corrected chi connectivity index (χ3v) is 3.60. The topological polar surface area (TPSA) is 24.5 Å². The number of dihydropyridines is 1. The van der Waals surface area contributed by atoms with Gasteiger partial charge in [0.1, 0.15) is 0 Å². The number of hydrogen-bond donors (Lipinski definition) is 1. The molecule has 3 rings (SSSR count). The number of nitrogens with one attached hydrogen (secondary N) is 1. The molecule has 0 bridgehead atoms. The zero-order chi connectivity index (χ0) is 13.1. The molecule has 3 heteroatoms. The van der Waals surface area contributed by atoms with Crippen LogP contribution in [-0.2, 0) is 4.74 Å². The molecule has 2 aliphatic heterocycles. The smallest absolute Gasteiger partial charge is 0.0642 e. The van der Waals surface area contributed by atoms with Crippen LogP contribution in [0.15, 0.2) is 42.1 Å². The molecule has 1 saturated heterocycles. The monoisotopic (exact) mass is 256 g/mol. The van der Waals surface area contributed by atoms with Gasteiger partial charge in [-0.1, -0.05) is 23.8 Å². The molecule has 0 atom stereocenters. The van der Waals surface area contributed by atoms with Crippen LogP contribution in [0, 0.1) is 0 Å². The molecule has 0 saturated carbocycles. The van der Waals surface area contributed by atoms with Crippen molar-refractivity contribution >= 4 is 11.3 Å². The lowest BCUT2D eigenvalue weighted by molar-refractivity contribution is 0.122. The number of anilines is 1. The summed E-state index contributed by atoms with van der Waals surface area (Å²) in [5.41, 5.74) is 5.20. The Bertz CT molecular complexity index is 513. The molecule has 1 fully saturated rings. The van der Waals surface area contributed by atoms with Crippen molar-refractivity contribution < 1.29 is 4.74 Å². The largest absolute Gasteiger partial charge is 0.387 e. The Balaban J connectivity index is 1.85. The van der Waals surface area contributed by atoms with E-state index in [0.717, 1.165) is 32.8 Å². The first-order chi connectivity index (χ1) is 9.33. The Morgan fingerprint density at radius 2 is 2.05 bits per heavy atom. The van der Waals surface area contributed by atoms with Crippen LogP contribution >= 0.6 is 0 Å². The van der Waals surface area contributed by atoms with Gasteiger partial charge in [-0.2, -0.15) is 0 Å². The van der Waals surface area contributed by atoms with Crippen molar-refractivity contribution in [2.24, 2.45) is 0 Å². The van der Waals surface area contributed by atoms with Gasteiger partial charge in [-0.3, -0.25) is 0 Å². The van der Waals surface area contributed by atoms with E-state index in [1.54, 1.807) is 0 Å². The van der Waals surface area contributed by atoms with Crippen molar-refractivity contribution in [1.82, 2.24) is 5.32 Å². The minimum Gasteiger partial charge on any atom is -0.387 e. The Morgan fingerprint density at radius 1 is 1.21 bits per heavy atom. The number of morpholine rings is 1. The van der Waals surface area contributed by atoms with E-state index in [2.05, 4.69) is 53.7 Å². The van der Waals surface area contributed by atoms with Gasteiger partial charge in [0.05, 0.1) is 13.2 Å². The van der Waals surface area contributed by atoms with E-state index in [-0.39, 0.29) is 0 Å². The van der Waals surface area contributed by atoms with Crippen LogP contribution in [0.4, 0.5) is 5.69 Å². The van der Waals surface area contributed by atoms with Gasteiger partial charge >= 0.3 is 0 Å². The number of ether oxygens (including phenoxy) is 1. The first kappa shape index (κ1) is 12.3. The third-order valence-electron chi connectivity index (χ3n) is 3.60. The van der Waals surface area contributed by atoms with Crippen molar-refractivity contribution in [3.63, 3.8) is 0 Å². The second-order valence-electron chi connectivity index (χ2n) is 5.12. The van der Waals surface area contributed by atoms with Gasteiger partial charge in [0.15, 0.2) is 0 Å². The Hall–Kier alpha value is -1.74. The van der Waals surface area contributed by atoms with Crippen LogP contribution in [0.25, 0.3) is 5.57 Å². The fraction of sp³-hybridized carbons (Fsp3) is 0.375. The molecule has 1 N–H and O–H groups in total. The average molecular weight is 256 g/mol. The van der Waals surface area contributed by atoms with Crippen LogP contribution in [0.2, 0.25) is 0 Å². The maximum absolute atomic E-state index is 5.41. The highest BCUT2D eigenvalue weighted by molar-refractivity contribution is 5.77. The number of allylic oxidation sites excluding steroid dienone is 2. The molecule has 0 aromatic heterocycles. The van der Waals surface area contributed by atoms with E-state index in [1.807, 2.05) is 0 Å². The predicted octanol–water partition coefficient (Wildman–Crippen LogP) is 2.41. The van der Waals surface area contributed by atoms with Crippen LogP contribution in [0.5, 0.6) is 0 Å². The molecule has 1 aromatic carbocycles. The second kappa shape index (κ2) is 5.49. The number of nitrogens with zero attached hydrogens (tertiary/aromatic N) is 1. The SMILES string of the molecule is CC1=CC(c2cccc(N3CCOCC3)c2)=CNC1. The van der Waals surface area contributed by atoms with Crippen LogP contribution < -0.4 is 10.2 Å². The molecular formula is C16H20N2O. The summed E-state index contributed by atoms with van der Waals surface area (Å²) in [7, 11) is 0. The first-order valence-corrected chi connectivity index (χ1v) is 6.87. The molecule has 1 aromatic rings. The van der Waals surface area contributed by atoms with Gasteiger partial charge in [0.25, 0.3) is 0 Å². The summed E-state index contributed by atoms with van der Waals surface area (Å²) >= 11 is 0. The summed E-state index contributed by atoms with van der Waals surface area (Å²) in [5.74, 6) is 0. The maximum Gasteiger partial charge on any atom is 0.0642 e. The van der Waals surface area contributed by atoms with Gasteiger partial charge < -0.3 is 15.0 Å². The third kappa shape index (κ3) is 2.82. The van der Waals surface area contributed by atoms with E-state index in [0.29, 0.717) is 0 Å². The minimum atomic E-state index is 0.827. The highest BCUT2D eigenvalue weighted by Gasteiger charge is 2.12. The summed E-state index contributed by atoms with van der Waals surface area (Å²) in [6.45, 7) is 6.73. The summed E-state index contributed by atoms with van der Waals surface area (Å²) in [6, 6.07) is 8.77. The van der Waals surface area contributed by atoms with Crippen molar-refractivity contribution in [3.8, 4) is 0 Å². The highest BCUT2D eigenvalue weighted by atomic mass is 16.5. The molecule has 19 heavy (non-hydrogen) atoms. The molecule has 0 amide bonds. The molecular weight excluding hydrogens is 236 g/mol. The van der Waals surface area contributed by atoms with Crippen molar-refractivity contribution in [2.75, 3.05) is 37.7 Å². The maximum atomic E-state index is 5.41. The van der Waals surface area contributed by atoms with E-state index in [9.17, 15) is 0 Å². The molecule has 0 aliphatic carbocycles. The number of rotatable bonds is 2. The van der Waals surface area contributed by atoms with E-state index < -0.39 is 0 Å². The lowest BCUT2D eigenvalue weighted by Gasteiger charge is -2.29. The van der Waals surface area contributed by atoms with Gasteiger partial charge in [-0.25, -0.2) is 0 Å². The molecule has 0 radical (unpaired) electrons. The normalized spacial score (nSPS) is 19.5. The van der Waals surface area contributed by atoms with Crippen LogP contribution in [-0.4, -0.2) is 32.8 Å². The van der Waals surface area contributed by atoms with Crippen molar-refractivity contribution in [3.05, 3.63) is 47.7 Å².